The lowest BCUT2D eigenvalue weighted by molar-refractivity contribution is 0.237. The van der Waals surface area contributed by atoms with Crippen molar-refractivity contribution in [1.82, 2.24) is 10.6 Å². The maximum Gasteiger partial charge on any atom is 0.315 e. The molecule has 4 heteroatoms. The lowest BCUT2D eigenvalue weighted by Crippen LogP contribution is -2.41. The summed E-state index contributed by atoms with van der Waals surface area (Å²) in [5.74, 6) is 0. The van der Waals surface area contributed by atoms with Crippen LogP contribution in [-0.4, -0.2) is 25.2 Å². The van der Waals surface area contributed by atoms with Gasteiger partial charge in [0, 0.05) is 12.6 Å². The highest BCUT2D eigenvalue weighted by Crippen LogP contribution is 2.17. The molecule has 0 spiro atoms. The number of hydrogen-bond donors (Lipinski definition) is 3. The van der Waals surface area contributed by atoms with E-state index in [1.54, 1.807) is 0 Å². The van der Waals surface area contributed by atoms with Crippen LogP contribution in [0.3, 0.4) is 0 Å². The SMILES string of the molecule is NCCCNC(=O)NC1CCCC1. The Morgan fingerprint density at radius 2 is 2.08 bits per heavy atom. The van der Waals surface area contributed by atoms with Crippen molar-refractivity contribution >= 4 is 6.03 Å². The van der Waals surface area contributed by atoms with Gasteiger partial charge in [-0.05, 0) is 25.8 Å². The highest BCUT2D eigenvalue weighted by molar-refractivity contribution is 5.74. The van der Waals surface area contributed by atoms with Gasteiger partial charge in [-0.3, -0.25) is 0 Å². The van der Waals surface area contributed by atoms with Crippen LogP contribution in [0.2, 0.25) is 0 Å². The largest absolute Gasteiger partial charge is 0.338 e. The van der Waals surface area contributed by atoms with Crippen LogP contribution in [0.1, 0.15) is 32.1 Å². The number of hydrogen-bond acceptors (Lipinski definition) is 2. The number of rotatable bonds is 4. The smallest absolute Gasteiger partial charge is 0.315 e. The van der Waals surface area contributed by atoms with Crippen LogP contribution in [0.5, 0.6) is 0 Å². The number of nitrogens with two attached hydrogens (primary N) is 1. The summed E-state index contributed by atoms with van der Waals surface area (Å²) in [5.41, 5.74) is 5.31. The first kappa shape index (κ1) is 10.3. The number of carbonyl (C=O) groups excluding carboxylic acids is 1. The standard InChI is InChI=1S/C9H19N3O/c10-6-3-7-11-9(13)12-8-4-1-2-5-8/h8H,1-7,10H2,(H2,11,12,13). The molecule has 0 aromatic rings. The molecule has 76 valence electrons. The van der Waals surface area contributed by atoms with Gasteiger partial charge in [-0.1, -0.05) is 12.8 Å². The normalized spacial score (nSPS) is 17.3. The third-order valence-corrected chi connectivity index (χ3v) is 2.36. The molecule has 1 saturated carbocycles. The van der Waals surface area contributed by atoms with E-state index in [9.17, 15) is 4.79 Å². The molecule has 0 heterocycles. The molecule has 0 radical (unpaired) electrons. The van der Waals surface area contributed by atoms with Gasteiger partial charge in [0.25, 0.3) is 0 Å². The second-order valence-electron chi connectivity index (χ2n) is 3.52. The Balaban J connectivity index is 2.02. The van der Waals surface area contributed by atoms with Crippen molar-refractivity contribution in [2.75, 3.05) is 13.1 Å². The van der Waals surface area contributed by atoms with Crippen LogP contribution >= 0.6 is 0 Å². The second-order valence-corrected chi connectivity index (χ2v) is 3.52. The van der Waals surface area contributed by atoms with E-state index >= 15 is 0 Å². The Labute approximate surface area is 79.3 Å². The van der Waals surface area contributed by atoms with Gasteiger partial charge in [0.1, 0.15) is 0 Å². The van der Waals surface area contributed by atoms with E-state index in [0.29, 0.717) is 19.1 Å². The van der Waals surface area contributed by atoms with Crippen molar-refractivity contribution < 1.29 is 4.79 Å². The molecule has 2 amide bonds. The van der Waals surface area contributed by atoms with Crippen LogP contribution in [0.25, 0.3) is 0 Å². The first-order valence-corrected chi connectivity index (χ1v) is 5.07. The van der Waals surface area contributed by atoms with E-state index in [2.05, 4.69) is 10.6 Å². The summed E-state index contributed by atoms with van der Waals surface area (Å²) in [6, 6.07) is 0.359. The molecule has 4 nitrogen and oxygen atoms in total. The van der Waals surface area contributed by atoms with Crippen molar-refractivity contribution in [3.8, 4) is 0 Å². The molecule has 0 aromatic carbocycles. The summed E-state index contributed by atoms with van der Waals surface area (Å²) in [7, 11) is 0. The summed E-state index contributed by atoms with van der Waals surface area (Å²) >= 11 is 0. The molecular weight excluding hydrogens is 166 g/mol. The molecule has 1 fully saturated rings. The van der Waals surface area contributed by atoms with Gasteiger partial charge in [-0.15, -0.1) is 0 Å². The zero-order chi connectivity index (χ0) is 9.52. The van der Waals surface area contributed by atoms with E-state index in [1.165, 1.54) is 12.8 Å². The molecule has 0 aliphatic heterocycles. The molecule has 1 aliphatic carbocycles. The van der Waals surface area contributed by atoms with E-state index < -0.39 is 0 Å². The quantitative estimate of drug-likeness (QED) is 0.561. The number of amides is 2. The molecule has 0 bridgehead atoms. The Bertz CT molecular complexity index is 155. The minimum atomic E-state index is -0.0413. The first-order chi connectivity index (χ1) is 6.33. The first-order valence-electron chi connectivity index (χ1n) is 5.07. The van der Waals surface area contributed by atoms with Gasteiger partial charge in [0.15, 0.2) is 0 Å². The Hall–Kier alpha value is -0.770. The minimum Gasteiger partial charge on any atom is -0.338 e. The van der Waals surface area contributed by atoms with Gasteiger partial charge < -0.3 is 16.4 Å². The minimum absolute atomic E-state index is 0.0413. The molecule has 1 rings (SSSR count). The average Bonchev–Trinajstić information content (AvgIpc) is 2.57. The summed E-state index contributed by atoms with van der Waals surface area (Å²) in [5, 5.41) is 5.73. The van der Waals surface area contributed by atoms with Gasteiger partial charge >= 0.3 is 6.03 Å². The van der Waals surface area contributed by atoms with Gasteiger partial charge in [-0.25, -0.2) is 4.79 Å². The highest BCUT2D eigenvalue weighted by Gasteiger charge is 2.16. The van der Waals surface area contributed by atoms with Crippen molar-refractivity contribution in [2.45, 2.75) is 38.1 Å². The van der Waals surface area contributed by atoms with Gasteiger partial charge in [0.2, 0.25) is 0 Å². The fourth-order valence-electron chi connectivity index (χ4n) is 1.61. The third kappa shape index (κ3) is 4.12. The van der Waals surface area contributed by atoms with Gasteiger partial charge in [-0.2, -0.15) is 0 Å². The van der Waals surface area contributed by atoms with Crippen LogP contribution in [0.4, 0.5) is 4.79 Å². The van der Waals surface area contributed by atoms with Crippen molar-refractivity contribution in [3.05, 3.63) is 0 Å². The van der Waals surface area contributed by atoms with E-state index in [4.69, 9.17) is 5.73 Å². The molecule has 1 aliphatic rings. The number of nitrogens with one attached hydrogen (secondary N) is 2. The molecule has 0 atom stereocenters. The second kappa shape index (κ2) is 5.80. The third-order valence-electron chi connectivity index (χ3n) is 2.36. The van der Waals surface area contributed by atoms with Crippen LogP contribution in [-0.2, 0) is 0 Å². The summed E-state index contributed by atoms with van der Waals surface area (Å²) in [6.45, 7) is 1.30. The van der Waals surface area contributed by atoms with Crippen molar-refractivity contribution in [3.63, 3.8) is 0 Å². The molecule has 0 aromatic heterocycles. The Kier molecular flexibility index (Phi) is 4.60. The van der Waals surface area contributed by atoms with Crippen molar-refractivity contribution in [1.29, 1.82) is 0 Å². The fourth-order valence-corrected chi connectivity index (χ4v) is 1.61. The van der Waals surface area contributed by atoms with E-state index in [1.807, 2.05) is 0 Å². The molecule has 0 saturated heterocycles. The lowest BCUT2D eigenvalue weighted by Gasteiger charge is -2.12. The monoisotopic (exact) mass is 185 g/mol. The lowest BCUT2D eigenvalue weighted by atomic mass is 10.2. The maximum atomic E-state index is 11.2. The van der Waals surface area contributed by atoms with E-state index in [-0.39, 0.29) is 6.03 Å². The number of carbonyl (C=O) groups is 1. The highest BCUT2D eigenvalue weighted by atomic mass is 16.2. The summed E-state index contributed by atoms with van der Waals surface area (Å²) < 4.78 is 0. The zero-order valence-corrected chi connectivity index (χ0v) is 8.01. The molecule has 4 N–H and O–H groups in total. The summed E-state index contributed by atoms with van der Waals surface area (Å²) in [6.07, 6.45) is 5.59. The predicted octanol–water partition coefficient (Wildman–Crippen LogP) is 0.577. The molecule has 13 heavy (non-hydrogen) atoms. The molecule has 0 unspecified atom stereocenters. The summed E-state index contributed by atoms with van der Waals surface area (Å²) in [4.78, 5) is 11.2. The van der Waals surface area contributed by atoms with Crippen LogP contribution in [0, 0.1) is 0 Å². The maximum absolute atomic E-state index is 11.2. The number of urea groups is 1. The topological polar surface area (TPSA) is 67.1 Å². The van der Waals surface area contributed by atoms with Gasteiger partial charge in [0.05, 0.1) is 0 Å². The Morgan fingerprint density at radius 3 is 2.69 bits per heavy atom. The Morgan fingerprint density at radius 1 is 1.38 bits per heavy atom. The van der Waals surface area contributed by atoms with E-state index in [0.717, 1.165) is 19.3 Å². The van der Waals surface area contributed by atoms with Crippen LogP contribution < -0.4 is 16.4 Å². The van der Waals surface area contributed by atoms with Crippen LogP contribution in [0.15, 0.2) is 0 Å². The average molecular weight is 185 g/mol. The van der Waals surface area contributed by atoms with Crippen molar-refractivity contribution in [2.24, 2.45) is 5.73 Å². The predicted molar refractivity (Wildman–Crippen MR) is 52.5 cm³/mol. The zero-order valence-electron chi connectivity index (χ0n) is 8.01. The molecular formula is C9H19N3O. The fraction of sp³-hybridized carbons (Fsp3) is 0.889.